The van der Waals surface area contributed by atoms with Crippen LogP contribution in [0.15, 0.2) is 45.5 Å². The topological polar surface area (TPSA) is 73.0 Å². The van der Waals surface area contributed by atoms with Gasteiger partial charge in [0, 0.05) is 17.3 Å². The lowest BCUT2D eigenvalue weighted by Gasteiger charge is -2.25. The summed E-state index contributed by atoms with van der Waals surface area (Å²) >= 11 is 3.22. The summed E-state index contributed by atoms with van der Waals surface area (Å²) < 4.78 is 7.66. The molecule has 1 aliphatic rings. The van der Waals surface area contributed by atoms with Crippen LogP contribution in [0.5, 0.6) is 0 Å². The molecule has 0 radical (unpaired) electrons. The Bertz CT molecular complexity index is 899. The molecule has 1 atom stereocenters. The highest BCUT2D eigenvalue weighted by Gasteiger charge is 2.24. The molecule has 1 fully saturated rings. The number of nitrogens with zero attached hydrogens (tertiary/aromatic N) is 3. The van der Waals surface area contributed by atoms with Gasteiger partial charge in [0.2, 0.25) is 5.91 Å². The number of carbonyl (C=O) groups excluding carboxylic acids is 1. The quantitative estimate of drug-likeness (QED) is 0.509. The molecule has 6 nitrogen and oxygen atoms in total. The Morgan fingerprint density at radius 2 is 2.17 bits per heavy atom. The van der Waals surface area contributed by atoms with Crippen LogP contribution in [0.4, 0.5) is 0 Å². The number of thioether (sulfide) groups is 1. The van der Waals surface area contributed by atoms with E-state index in [2.05, 4.69) is 37.6 Å². The van der Waals surface area contributed by atoms with Crippen LogP contribution in [0.25, 0.3) is 0 Å². The number of thiophene rings is 1. The molecular formula is C21H26N4O2S2. The molecule has 0 spiro atoms. The average Bonchev–Trinajstić information content (AvgIpc) is 3.50. The van der Waals surface area contributed by atoms with E-state index in [9.17, 15) is 4.79 Å². The molecule has 3 heterocycles. The van der Waals surface area contributed by atoms with E-state index in [1.165, 1.54) is 35.9 Å². The number of nitrogens with one attached hydrogen (secondary N) is 1. The van der Waals surface area contributed by atoms with Gasteiger partial charge in [0.1, 0.15) is 11.6 Å². The fraction of sp³-hybridized carbons (Fsp3) is 0.476. The van der Waals surface area contributed by atoms with Crippen LogP contribution in [0.2, 0.25) is 0 Å². The van der Waals surface area contributed by atoms with E-state index in [0.29, 0.717) is 11.8 Å². The van der Waals surface area contributed by atoms with Crippen LogP contribution in [-0.4, -0.2) is 26.4 Å². The molecule has 1 N–H and O–H groups in total. The summed E-state index contributed by atoms with van der Waals surface area (Å²) in [6.07, 6.45) is 8.51. The van der Waals surface area contributed by atoms with Gasteiger partial charge in [0.25, 0.3) is 0 Å². The third-order valence-electron chi connectivity index (χ3n) is 5.27. The minimum Gasteiger partial charge on any atom is -0.467 e. The fourth-order valence-corrected chi connectivity index (χ4v) is 5.36. The van der Waals surface area contributed by atoms with Crippen molar-refractivity contribution < 1.29 is 9.21 Å². The maximum Gasteiger partial charge on any atom is 0.231 e. The van der Waals surface area contributed by atoms with Crippen molar-refractivity contribution in [3.05, 3.63) is 52.4 Å². The highest BCUT2D eigenvalue weighted by molar-refractivity contribution is 7.99. The van der Waals surface area contributed by atoms with Crippen molar-refractivity contribution in [2.45, 2.75) is 62.7 Å². The minimum absolute atomic E-state index is 0.0306. The normalized spacial score (nSPS) is 16.0. The number of amides is 1. The lowest BCUT2D eigenvalue weighted by Crippen LogP contribution is -2.28. The molecule has 1 unspecified atom stereocenters. The third kappa shape index (κ3) is 5.11. The lowest BCUT2D eigenvalue weighted by atomic mass is 9.95. The van der Waals surface area contributed by atoms with E-state index in [4.69, 9.17) is 4.42 Å². The van der Waals surface area contributed by atoms with Crippen molar-refractivity contribution in [3.8, 4) is 0 Å². The van der Waals surface area contributed by atoms with E-state index in [1.807, 2.05) is 19.1 Å². The SMILES string of the molecule is CC(NC(=O)CSc1nnc(Cc2cccs2)n1C1CCCCC1)c1ccco1. The van der Waals surface area contributed by atoms with Crippen molar-refractivity contribution in [2.24, 2.45) is 0 Å². The van der Waals surface area contributed by atoms with E-state index < -0.39 is 0 Å². The molecule has 0 bridgehead atoms. The Kier molecular flexibility index (Phi) is 6.71. The molecule has 154 valence electrons. The number of hydrogen-bond acceptors (Lipinski definition) is 6. The van der Waals surface area contributed by atoms with E-state index in [-0.39, 0.29) is 11.9 Å². The highest BCUT2D eigenvalue weighted by Crippen LogP contribution is 2.33. The van der Waals surface area contributed by atoms with Crippen LogP contribution in [0.3, 0.4) is 0 Å². The largest absolute Gasteiger partial charge is 0.467 e. The van der Waals surface area contributed by atoms with Gasteiger partial charge in [-0.1, -0.05) is 37.1 Å². The Morgan fingerprint density at radius 1 is 1.31 bits per heavy atom. The van der Waals surface area contributed by atoms with E-state index in [0.717, 1.165) is 36.0 Å². The Balaban J connectivity index is 1.44. The second-order valence-electron chi connectivity index (χ2n) is 7.41. The summed E-state index contributed by atoms with van der Waals surface area (Å²) in [5.74, 6) is 2.05. The van der Waals surface area contributed by atoms with Crippen molar-refractivity contribution in [2.75, 3.05) is 5.75 Å². The molecule has 3 aromatic rings. The summed E-state index contributed by atoms with van der Waals surface area (Å²) in [7, 11) is 0. The van der Waals surface area contributed by atoms with Crippen molar-refractivity contribution in [3.63, 3.8) is 0 Å². The van der Waals surface area contributed by atoms with Gasteiger partial charge in [-0.2, -0.15) is 0 Å². The summed E-state index contributed by atoms with van der Waals surface area (Å²) in [5, 5.41) is 14.9. The van der Waals surface area contributed by atoms with Gasteiger partial charge in [-0.15, -0.1) is 21.5 Å². The molecule has 29 heavy (non-hydrogen) atoms. The first-order chi connectivity index (χ1) is 14.2. The number of carbonyl (C=O) groups is 1. The van der Waals surface area contributed by atoms with Crippen LogP contribution in [0.1, 0.15) is 67.6 Å². The second kappa shape index (κ2) is 9.63. The summed E-state index contributed by atoms with van der Waals surface area (Å²) in [6.45, 7) is 1.92. The van der Waals surface area contributed by atoms with Crippen molar-refractivity contribution in [1.29, 1.82) is 0 Å². The number of furan rings is 1. The Labute approximate surface area is 179 Å². The average molecular weight is 431 g/mol. The minimum atomic E-state index is -0.149. The van der Waals surface area contributed by atoms with Crippen LogP contribution in [-0.2, 0) is 11.2 Å². The summed E-state index contributed by atoms with van der Waals surface area (Å²) in [4.78, 5) is 13.7. The Morgan fingerprint density at radius 3 is 2.90 bits per heavy atom. The highest BCUT2D eigenvalue weighted by atomic mass is 32.2. The molecule has 1 saturated carbocycles. The first-order valence-electron chi connectivity index (χ1n) is 10.1. The Hall–Kier alpha value is -2.06. The molecule has 8 heteroatoms. The summed E-state index contributed by atoms with van der Waals surface area (Å²) in [5.41, 5.74) is 0. The van der Waals surface area contributed by atoms with Crippen LogP contribution in [0, 0.1) is 0 Å². The molecular weight excluding hydrogens is 404 g/mol. The predicted octanol–water partition coefficient (Wildman–Crippen LogP) is 5.00. The second-order valence-corrected chi connectivity index (χ2v) is 9.38. The van der Waals surface area contributed by atoms with Gasteiger partial charge in [-0.3, -0.25) is 4.79 Å². The van der Waals surface area contributed by atoms with E-state index >= 15 is 0 Å². The molecule has 4 rings (SSSR count). The van der Waals surface area contributed by atoms with Gasteiger partial charge in [0.05, 0.1) is 18.1 Å². The molecule has 0 saturated heterocycles. The van der Waals surface area contributed by atoms with Gasteiger partial charge < -0.3 is 14.3 Å². The first kappa shape index (κ1) is 20.2. The zero-order valence-electron chi connectivity index (χ0n) is 16.5. The predicted molar refractivity (Wildman–Crippen MR) is 115 cm³/mol. The standard InChI is InChI=1S/C21H26N4O2S2/c1-15(18-10-5-11-27-18)22-20(26)14-29-21-24-23-19(13-17-9-6-12-28-17)25(21)16-7-3-2-4-8-16/h5-6,9-12,15-16H,2-4,7-8,13-14H2,1H3,(H,22,26). The fourth-order valence-electron chi connectivity index (χ4n) is 3.82. The van der Waals surface area contributed by atoms with Crippen LogP contribution < -0.4 is 5.32 Å². The van der Waals surface area contributed by atoms with Gasteiger partial charge in [-0.25, -0.2) is 0 Å². The zero-order valence-corrected chi connectivity index (χ0v) is 18.2. The van der Waals surface area contributed by atoms with Crippen LogP contribution >= 0.6 is 23.1 Å². The lowest BCUT2D eigenvalue weighted by molar-refractivity contribution is -0.119. The third-order valence-corrected chi connectivity index (χ3v) is 7.09. The van der Waals surface area contributed by atoms with Crippen molar-refractivity contribution >= 4 is 29.0 Å². The zero-order chi connectivity index (χ0) is 20.1. The summed E-state index contributed by atoms with van der Waals surface area (Å²) in [6, 6.07) is 8.19. The molecule has 0 aromatic carbocycles. The van der Waals surface area contributed by atoms with E-state index in [1.54, 1.807) is 17.6 Å². The van der Waals surface area contributed by atoms with Gasteiger partial charge in [0.15, 0.2) is 5.16 Å². The van der Waals surface area contributed by atoms with Crippen molar-refractivity contribution in [1.82, 2.24) is 20.1 Å². The first-order valence-corrected chi connectivity index (χ1v) is 12.0. The smallest absolute Gasteiger partial charge is 0.231 e. The number of rotatable bonds is 8. The number of aromatic nitrogens is 3. The van der Waals surface area contributed by atoms with Gasteiger partial charge in [-0.05, 0) is 43.3 Å². The maximum absolute atomic E-state index is 12.4. The molecule has 1 amide bonds. The van der Waals surface area contributed by atoms with Gasteiger partial charge >= 0.3 is 0 Å². The maximum atomic E-state index is 12.4. The molecule has 0 aliphatic heterocycles. The monoisotopic (exact) mass is 430 g/mol. The molecule has 3 aromatic heterocycles. The number of hydrogen-bond donors (Lipinski definition) is 1. The molecule has 1 aliphatic carbocycles.